The fraction of sp³-hybridized carbons (Fsp3) is 0.308. The summed E-state index contributed by atoms with van der Waals surface area (Å²) in [6, 6.07) is 13.3. The van der Waals surface area contributed by atoms with Gasteiger partial charge in [0.2, 0.25) is 10.0 Å². The van der Waals surface area contributed by atoms with Gasteiger partial charge in [-0.05, 0) is 55.3 Å². The first-order chi connectivity index (χ1) is 18.6. The highest BCUT2D eigenvalue weighted by molar-refractivity contribution is 7.92. The molecule has 0 unspecified atom stereocenters. The summed E-state index contributed by atoms with van der Waals surface area (Å²) in [4.78, 5) is 23.6. The molecule has 39 heavy (non-hydrogen) atoms. The molecule has 208 valence electrons. The molecule has 1 fully saturated rings. The van der Waals surface area contributed by atoms with Crippen LogP contribution in [0.15, 0.2) is 48.5 Å². The van der Waals surface area contributed by atoms with Crippen LogP contribution in [-0.4, -0.2) is 58.3 Å². The lowest BCUT2D eigenvalue weighted by atomic mass is 10.1. The maximum atomic E-state index is 13.9. The van der Waals surface area contributed by atoms with Gasteiger partial charge < -0.3 is 19.9 Å². The molecule has 0 radical (unpaired) electrons. The highest BCUT2D eigenvalue weighted by Gasteiger charge is 2.33. The van der Waals surface area contributed by atoms with Gasteiger partial charge in [-0.1, -0.05) is 53.5 Å². The largest absolute Gasteiger partial charge is 0.479 e. The summed E-state index contributed by atoms with van der Waals surface area (Å²) in [5.41, 5.74) is 1.42. The first-order valence-electron chi connectivity index (χ1n) is 11.9. The highest BCUT2D eigenvalue weighted by Crippen LogP contribution is 2.46. The summed E-state index contributed by atoms with van der Waals surface area (Å²) in [6.07, 6.45) is 1.22. The molecular formula is C26H26Cl2N2O7S2. The standard InChI is InChI=1S/C26H26Cl2N2O7S2/c1-36-21(31)14-37-23-22(28)24(38-25(23)26(32)33)16-6-4-7-19(13-16)30(18-9-11-29-12-10-18)39(34,35)15-17-5-2-3-8-20(17)27/h2-8,13,18,29H,9-12,14-15H2,1H3,(H,32,33). The molecule has 13 heteroatoms. The van der Waals surface area contributed by atoms with Crippen LogP contribution in [-0.2, 0) is 25.3 Å². The summed E-state index contributed by atoms with van der Waals surface area (Å²) < 4.78 is 39.1. The Hall–Kier alpha value is -2.83. The molecule has 0 aliphatic carbocycles. The summed E-state index contributed by atoms with van der Waals surface area (Å²) in [6.45, 7) is 0.820. The minimum absolute atomic E-state index is 0.00536. The zero-order chi connectivity index (χ0) is 28.2. The molecule has 2 heterocycles. The van der Waals surface area contributed by atoms with Crippen molar-refractivity contribution >= 4 is 62.2 Å². The normalized spacial score (nSPS) is 14.1. The summed E-state index contributed by atoms with van der Waals surface area (Å²) in [5, 5.41) is 13.3. The predicted molar refractivity (Wildman–Crippen MR) is 152 cm³/mol. The number of rotatable bonds is 10. The van der Waals surface area contributed by atoms with E-state index in [1.54, 1.807) is 48.5 Å². The van der Waals surface area contributed by atoms with Crippen LogP contribution in [0.3, 0.4) is 0 Å². The van der Waals surface area contributed by atoms with Crippen molar-refractivity contribution in [2.75, 3.05) is 31.1 Å². The molecule has 1 saturated heterocycles. The van der Waals surface area contributed by atoms with E-state index in [4.69, 9.17) is 27.9 Å². The third-order valence-corrected chi connectivity index (χ3v) is 10.00. The number of aromatic carboxylic acids is 1. The molecule has 1 aromatic heterocycles. The van der Waals surface area contributed by atoms with Crippen LogP contribution in [0, 0.1) is 0 Å². The fourth-order valence-corrected chi connectivity index (χ4v) is 7.91. The quantitative estimate of drug-likeness (QED) is 0.305. The summed E-state index contributed by atoms with van der Waals surface area (Å²) >= 11 is 13.7. The van der Waals surface area contributed by atoms with Crippen molar-refractivity contribution in [3.63, 3.8) is 0 Å². The van der Waals surface area contributed by atoms with E-state index in [1.807, 2.05) is 0 Å². The maximum absolute atomic E-state index is 13.9. The molecular weight excluding hydrogens is 587 g/mol. The van der Waals surface area contributed by atoms with E-state index in [-0.39, 0.29) is 27.4 Å². The molecule has 0 spiro atoms. The van der Waals surface area contributed by atoms with Gasteiger partial charge in [0.1, 0.15) is 5.02 Å². The third kappa shape index (κ3) is 6.67. The Morgan fingerprint density at radius 2 is 1.85 bits per heavy atom. The topological polar surface area (TPSA) is 122 Å². The minimum Gasteiger partial charge on any atom is -0.479 e. The van der Waals surface area contributed by atoms with Crippen LogP contribution in [0.2, 0.25) is 10.0 Å². The molecule has 0 atom stereocenters. The summed E-state index contributed by atoms with van der Waals surface area (Å²) in [7, 11) is -2.69. The molecule has 0 amide bonds. The summed E-state index contributed by atoms with van der Waals surface area (Å²) in [5.74, 6) is -2.40. The van der Waals surface area contributed by atoms with E-state index in [0.717, 1.165) is 11.3 Å². The second-order valence-corrected chi connectivity index (χ2v) is 12.4. The van der Waals surface area contributed by atoms with Gasteiger partial charge in [-0.2, -0.15) is 0 Å². The number of hydrogen-bond acceptors (Lipinski definition) is 8. The molecule has 9 nitrogen and oxygen atoms in total. The van der Waals surface area contributed by atoms with Crippen molar-refractivity contribution in [1.29, 1.82) is 0 Å². The van der Waals surface area contributed by atoms with Gasteiger partial charge >= 0.3 is 11.9 Å². The molecule has 1 aliphatic rings. The van der Waals surface area contributed by atoms with Crippen LogP contribution in [0.25, 0.3) is 10.4 Å². The zero-order valence-corrected chi connectivity index (χ0v) is 24.0. The van der Waals surface area contributed by atoms with E-state index in [1.165, 1.54) is 11.4 Å². The van der Waals surface area contributed by atoms with Crippen molar-refractivity contribution in [1.82, 2.24) is 5.32 Å². The van der Waals surface area contributed by atoms with Gasteiger partial charge in [-0.3, -0.25) is 4.31 Å². The number of carbonyl (C=O) groups is 2. The lowest BCUT2D eigenvalue weighted by Gasteiger charge is -2.35. The van der Waals surface area contributed by atoms with E-state index < -0.39 is 28.6 Å². The van der Waals surface area contributed by atoms with Gasteiger partial charge in [-0.15, -0.1) is 11.3 Å². The van der Waals surface area contributed by atoms with Gasteiger partial charge in [-0.25, -0.2) is 18.0 Å². The number of nitrogens with zero attached hydrogens (tertiary/aromatic N) is 1. The van der Waals surface area contributed by atoms with Gasteiger partial charge in [0.05, 0.1) is 23.4 Å². The van der Waals surface area contributed by atoms with Crippen LogP contribution >= 0.6 is 34.5 Å². The third-order valence-electron chi connectivity index (χ3n) is 6.16. The number of nitrogens with one attached hydrogen (secondary N) is 1. The average Bonchev–Trinajstić information content (AvgIpc) is 3.25. The monoisotopic (exact) mass is 612 g/mol. The average molecular weight is 614 g/mol. The molecule has 3 aromatic rings. The number of methoxy groups -OCH3 is 1. The predicted octanol–water partition coefficient (Wildman–Crippen LogP) is 5.06. The number of anilines is 1. The van der Waals surface area contributed by atoms with Crippen LogP contribution < -0.4 is 14.4 Å². The Kier molecular flexibility index (Phi) is 9.39. The molecule has 2 aromatic carbocycles. The maximum Gasteiger partial charge on any atom is 0.349 e. The van der Waals surface area contributed by atoms with E-state index in [2.05, 4.69) is 10.1 Å². The Bertz CT molecular complexity index is 1470. The molecule has 2 N–H and O–H groups in total. The van der Waals surface area contributed by atoms with E-state index >= 15 is 0 Å². The Balaban J connectivity index is 1.76. The first-order valence-corrected chi connectivity index (χ1v) is 15.1. The van der Waals surface area contributed by atoms with Crippen molar-refractivity contribution < 1.29 is 32.6 Å². The molecule has 0 saturated carbocycles. The number of carbonyl (C=O) groups excluding carboxylic acids is 1. The van der Waals surface area contributed by atoms with E-state index in [9.17, 15) is 23.1 Å². The number of carboxylic acids is 1. The molecule has 4 rings (SSSR count). The van der Waals surface area contributed by atoms with Gasteiger partial charge in [0, 0.05) is 11.1 Å². The number of ether oxygens (including phenoxy) is 2. The van der Waals surface area contributed by atoms with Crippen molar-refractivity contribution in [3.05, 3.63) is 69.0 Å². The van der Waals surface area contributed by atoms with Crippen molar-refractivity contribution in [2.45, 2.75) is 24.6 Å². The number of piperidine rings is 1. The van der Waals surface area contributed by atoms with Crippen LogP contribution in [0.4, 0.5) is 5.69 Å². The molecule has 1 aliphatic heterocycles. The smallest absolute Gasteiger partial charge is 0.349 e. The minimum atomic E-state index is -3.88. The second-order valence-electron chi connectivity index (χ2n) is 8.75. The Morgan fingerprint density at radius 1 is 1.13 bits per heavy atom. The zero-order valence-electron chi connectivity index (χ0n) is 20.9. The number of benzene rings is 2. The Labute approximate surface area is 240 Å². The van der Waals surface area contributed by atoms with Crippen molar-refractivity contribution in [2.24, 2.45) is 0 Å². The lowest BCUT2D eigenvalue weighted by molar-refractivity contribution is -0.142. The van der Waals surface area contributed by atoms with Crippen LogP contribution in [0.1, 0.15) is 28.1 Å². The van der Waals surface area contributed by atoms with Crippen molar-refractivity contribution in [3.8, 4) is 16.2 Å². The van der Waals surface area contributed by atoms with Crippen LogP contribution in [0.5, 0.6) is 5.75 Å². The fourth-order valence-electron chi connectivity index (χ4n) is 4.35. The Morgan fingerprint density at radius 3 is 2.51 bits per heavy atom. The number of carboxylic acid groups (broad SMARTS) is 1. The SMILES string of the molecule is COC(=O)COc1c(C(=O)O)sc(-c2cccc(N(C3CCNCC3)S(=O)(=O)Cc3ccccc3Cl)c2)c1Cl. The second kappa shape index (κ2) is 12.6. The number of esters is 1. The number of halogens is 2. The number of thiophene rings is 1. The number of hydrogen-bond donors (Lipinski definition) is 2. The lowest BCUT2D eigenvalue weighted by Crippen LogP contribution is -2.46. The first kappa shape index (κ1) is 29.2. The number of sulfonamides is 1. The van der Waals surface area contributed by atoms with E-state index in [0.29, 0.717) is 52.6 Å². The van der Waals surface area contributed by atoms with Gasteiger partial charge in [0.15, 0.2) is 17.2 Å². The molecule has 0 bridgehead atoms. The highest BCUT2D eigenvalue weighted by atomic mass is 35.5. The van der Waals surface area contributed by atoms with Gasteiger partial charge in [0.25, 0.3) is 0 Å².